The molecule has 0 aromatic carbocycles. The third kappa shape index (κ3) is 6.23. The van der Waals surface area contributed by atoms with Crippen LogP contribution in [0.1, 0.15) is 42.7 Å². The van der Waals surface area contributed by atoms with Crippen molar-refractivity contribution in [3.63, 3.8) is 0 Å². The first-order valence-electron chi connectivity index (χ1n) is 8.45. The molecule has 1 fully saturated rings. The average molecular weight is 450 g/mol. The van der Waals surface area contributed by atoms with Crippen molar-refractivity contribution in [1.82, 2.24) is 15.4 Å². The summed E-state index contributed by atoms with van der Waals surface area (Å²) >= 11 is 0. The summed E-state index contributed by atoms with van der Waals surface area (Å²) in [5.41, 5.74) is 2.15. The van der Waals surface area contributed by atoms with E-state index in [1.165, 1.54) is 18.4 Å². The highest BCUT2D eigenvalue weighted by Gasteiger charge is 2.21. The Labute approximate surface area is 162 Å². The molecule has 7 heteroatoms. The van der Waals surface area contributed by atoms with Gasteiger partial charge in [-0.05, 0) is 32.6 Å². The predicted molar refractivity (Wildman–Crippen MR) is 107 cm³/mol. The summed E-state index contributed by atoms with van der Waals surface area (Å²) in [5.74, 6) is 2.92. The molecule has 1 atom stereocenters. The van der Waals surface area contributed by atoms with E-state index < -0.39 is 0 Å². The van der Waals surface area contributed by atoms with E-state index in [-0.39, 0.29) is 24.0 Å². The summed E-state index contributed by atoms with van der Waals surface area (Å²) in [5, 5.41) is 7.45. The van der Waals surface area contributed by atoms with Gasteiger partial charge >= 0.3 is 0 Å². The lowest BCUT2D eigenvalue weighted by molar-refractivity contribution is 0.115. The van der Waals surface area contributed by atoms with E-state index in [9.17, 15) is 0 Å². The fourth-order valence-corrected chi connectivity index (χ4v) is 2.77. The van der Waals surface area contributed by atoms with Crippen LogP contribution in [0, 0.1) is 19.8 Å². The van der Waals surface area contributed by atoms with E-state index in [4.69, 9.17) is 9.26 Å². The summed E-state index contributed by atoms with van der Waals surface area (Å²) in [4.78, 5) is 6.45. The van der Waals surface area contributed by atoms with Gasteiger partial charge < -0.3 is 19.5 Å². The van der Waals surface area contributed by atoms with Crippen LogP contribution in [0.2, 0.25) is 0 Å². The molecule has 1 aliphatic carbocycles. The molecule has 24 heavy (non-hydrogen) atoms. The third-order valence-electron chi connectivity index (χ3n) is 4.34. The van der Waals surface area contributed by atoms with Gasteiger partial charge in [-0.2, -0.15) is 0 Å². The Kier molecular flexibility index (Phi) is 9.04. The maximum Gasteiger partial charge on any atom is 0.193 e. The van der Waals surface area contributed by atoms with Gasteiger partial charge in [0.05, 0.1) is 12.3 Å². The molecule has 1 heterocycles. The monoisotopic (exact) mass is 450 g/mol. The molecule has 0 radical (unpaired) electrons. The number of guanidine groups is 1. The molecular formula is C17H31IN4O2. The number of nitrogens with zero attached hydrogens (tertiary/aromatic N) is 3. The minimum absolute atomic E-state index is 0. The van der Waals surface area contributed by atoms with Crippen LogP contribution in [0.15, 0.2) is 9.52 Å². The van der Waals surface area contributed by atoms with Gasteiger partial charge in [-0.1, -0.05) is 12.1 Å². The van der Waals surface area contributed by atoms with Gasteiger partial charge in [0.15, 0.2) is 5.96 Å². The van der Waals surface area contributed by atoms with E-state index in [2.05, 4.69) is 27.3 Å². The number of aryl methyl sites for hydroxylation is 2. The molecule has 1 aromatic rings. The molecule has 6 nitrogen and oxygen atoms in total. The smallest absolute Gasteiger partial charge is 0.193 e. The molecule has 138 valence electrons. The quantitative estimate of drug-likeness (QED) is 0.286. The van der Waals surface area contributed by atoms with Crippen molar-refractivity contribution in [2.75, 3.05) is 40.4 Å². The zero-order chi connectivity index (χ0) is 16.8. The fraction of sp³-hybridized carbons (Fsp3) is 0.765. The Balaban J connectivity index is 0.00000288. The van der Waals surface area contributed by atoms with Crippen LogP contribution < -0.4 is 5.32 Å². The SMILES string of the molecule is CN=C(NCC(C)c1c(C)noc1C)N(C)CCOCC1CC1.I. The molecule has 1 aliphatic rings. The molecule has 0 spiro atoms. The Morgan fingerprint density at radius 3 is 2.71 bits per heavy atom. The number of hydrogen-bond donors (Lipinski definition) is 1. The molecule has 2 rings (SSSR count). The zero-order valence-corrected chi connectivity index (χ0v) is 17.8. The minimum atomic E-state index is 0. The lowest BCUT2D eigenvalue weighted by Crippen LogP contribution is -2.42. The van der Waals surface area contributed by atoms with Crippen LogP contribution >= 0.6 is 24.0 Å². The lowest BCUT2D eigenvalue weighted by Gasteiger charge is -2.23. The van der Waals surface area contributed by atoms with Crippen LogP contribution in [-0.2, 0) is 4.74 Å². The minimum Gasteiger partial charge on any atom is -0.379 e. The van der Waals surface area contributed by atoms with Crippen LogP contribution in [0.25, 0.3) is 0 Å². The molecule has 0 aliphatic heterocycles. The topological polar surface area (TPSA) is 62.9 Å². The molecule has 0 saturated heterocycles. The second-order valence-corrected chi connectivity index (χ2v) is 6.51. The fourth-order valence-electron chi connectivity index (χ4n) is 2.77. The van der Waals surface area contributed by atoms with Crippen molar-refractivity contribution < 1.29 is 9.26 Å². The number of halogens is 1. The molecule has 1 aromatic heterocycles. The summed E-state index contributed by atoms with van der Waals surface area (Å²) in [7, 11) is 3.85. The predicted octanol–water partition coefficient (Wildman–Crippen LogP) is 2.95. The first-order chi connectivity index (χ1) is 11.0. The van der Waals surface area contributed by atoms with Gasteiger partial charge in [0.25, 0.3) is 0 Å². The number of aliphatic imine (C=N–C) groups is 1. The Hall–Kier alpha value is -0.830. The number of likely N-dealkylation sites (N-methyl/N-ethyl adjacent to an activating group) is 1. The second-order valence-electron chi connectivity index (χ2n) is 6.51. The highest BCUT2D eigenvalue weighted by Crippen LogP contribution is 2.28. The van der Waals surface area contributed by atoms with Crippen LogP contribution in [0.5, 0.6) is 0 Å². The first kappa shape index (κ1) is 21.2. The number of hydrogen-bond acceptors (Lipinski definition) is 4. The second kappa shape index (κ2) is 10.2. The van der Waals surface area contributed by atoms with Gasteiger partial charge in [-0.15, -0.1) is 24.0 Å². The van der Waals surface area contributed by atoms with Gasteiger partial charge in [-0.3, -0.25) is 4.99 Å². The summed E-state index contributed by atoms with van der Waals surface area (Å²) in [6, 6.07) is 0. The third-order valence-corrected chi connectivity index (χ3v) is 4.34. The number of aromatic nitrogens is 1. The maximum absolute atomic E-state index is 5.69. The van der Waals surface area contributed by atoms with E-state index in [1.807, 2.05) is 27.9 Å². The number of rotatable bonds is 8. The van der Waals surface area contributed by atoms with Crippen molar-refractivity contribution in [2.24, 2.45) is 10.9 Å². The van der Waals surface area contributed by atoms with Crippen LogP contribution in [0.4, 0.5) is 0 Å². The Morgan fingerprint density at radius 2 is 2.17 bits per heavy atom. The summed E-state index contributed by atoms with van der Waals surface area (Å²) < 4.78 is 10.9. The highest BCUT2D eigenvalue weighted by molar-refractivity contribution is 14.0. The Bertz CT molecular complexity index is 509. The number of ether oxygens (including phenoxy) is 1. The van der Waals surface area contributed by atoms with Gasteiger partial charge in [-0.25, -0.2) is 0 Å². The molecular weight excluding hydrogens is 419 g/mol. The normalized spacial score (nSPS) is 15.8. The van der Waals surface area contributed by atoms with Crippen molar-refractivity contribution in [3.05, 3.63) is 17.0 Å². The maximum atomic E-state index is 5.69. The van der Waals surface area contributed by atoms with Crippen LogP contribution in [-0.4, -0.2) is 56.4 Å². The largest absolute Gasteiger partial charge is 0.379 e. The first-order valence-corrected chi connectivity index (χ1v) is 8.45. The van der Waals surface area contributed by atoms with Crippen molar-refractivity contribution in [1.29, 1.82) is 0 Å². The van der Waals surface area contributed by atoms with E-state index in [0.717, 1.165) is 49.6 Å². The van der Waals surface area contributed by atoms with E-state index in [1.54, 1.807) is 0 Å². The highest BCUT2D eigenvalue weighted by atomic mass is 127. The van der Waals surface area contributed by atoms with E-state index >= 15 is 0 Å². The van der Waals surface area contributed by atoms with Crippen molar-refractivity contribution in [3.8, 4) is 0 Å². The zero-order valence-electron chi connectivity index (χ0n) is 15.5. The van der Waals surface area contributed by atoms with E-state index in [0.29, 0.717) is 5.92 Å². The van der Waals surface area contributed by atoms with Gasteiger partial charge in [0.2, 0.25) is 0 Å². The van der Waals surface area contributed by atoms with Gasteiger partial charge in [0, 0.05) is 45.3 Å². The van der Waals surface area contributed by atoms with Crippen LogP contribution in [0.3, 0.4) is 0 Å². The number of nitrogens with one attached hydrogen (secondary N) is 1. The summed E-state index contributed by atoms with van der Waals surface area (Å²) in [6.07, 6.45) is 2.66. The molecule has 0 amide bonds. The average Bonchev–Trinajstić information content (AvgIpc) is 3.28. The summed E-state index contributed by atoms with van der Waals surface area (Å²) in [6.45, 7) is 9.40. The molecule has 1 saturated carbocycles. The molecule has 1 N–H and O–H groups in total. The standard InChI is InChI=1S/C17H30N4O2.HI/c1-12(16-13(2)20-23-14(16)3)10-19-17(18-4)21(5)8-9-22-11-15-6-7-15;/h12,15H,6-11H2,1-5H3,(H,18,19);1H. The lowest BCUT2D eigenvalue weighted by atomic mass is 10.00. The van der Waals surface area contributed by atoms with Gasteiger partial charge in [0.1, 0.15) is 5.76 Å². The van der Waals surface area contributed by atoms with Crippen molar-refractivity contribution in [2.45, 2.75) is 39.5 Å². The molecule has 1 unspecified atom stereocenters. The molecule has 0 bridgehead atoms. The van der Waals surface area contributed by atoms with Crippen molar-refractivity contribution >= 4 is 29.9 Å². The Morgan fingerprint density at radius 1 is 1.46 bits per heavy atom.